The minimum Gasteiger partial charge on any atom is -0.476 e. The van der Waals surface area contributed by atoms with Crippen LogP contribution in [0.1, 0.15) is 26.6 Å². The molecule has 21 heavy (non-hydrogen) atoms. The van der Waals surface area contributed by atoms with Crippen molar-refractivity contribution in [2.24, 2.45) is 0 Å². The summed E-state index contributed by atoms with van der Waals surface area (Å²) in [6, 6.07) is 3.76. The lowest BCUT2D eigenvalue weighted by Gasteiger charge is -2.06. The smallest absolute Gasteiger partial charge is 0.416 e. The van der Waals surface area contributed by atoms with Gasteiger partial charge in [0.25, 0.3) is 0 Å². The van der Waals surface area contributed by atoms with E-state index in [9.17, 15) is 22.8 Å². The third kappa shape index (κ3) is 2.86. The van der Waals surface area contributed by atoms with Crippen molar-refractivity contribution < 1.29 is 37.4 Å². The number of nitrogens with zero attached hydrogens (tertiary/aromatic N) is 1. The summed E-state index contributed by atoms with van der Waals surface area (Å²) in [7, 11) is 0. The molecular weight excluding hydrogens is 295 g/mol. The number of benzene rings is 1. The molecule has 2 rings (SSSR count). The molecule has 0 amide bonds. The van der Waals surface area contributed by atoms with E-state index in [1.54, 1.807) is 0 Å². The number of halogens is 3. The molecule has 2 aromatic rings. The maximum Gasteiger partial charge on any atom is 0.416 e. The monoisotopic (exact) mass is 301 g/mol. The van der Waals surface area contributed by atoms with Crippen molar-refractivity contribution in [3.63, 3.8) is 0 Å². The Balaban J connectivity index is 2.55. The lowest BCUT2D eigenvalue weighted by Crippen LogP contribution is -2.05. The van der Waals surface area contributed by atoms with Gasteiger partial charge in [0.15, 0.2) is 0 Å². The lowest BCUT2D eigenvalue weighted by atomic mass is 10.1. The van der Waals surface area contributed by atoms with Crippen molar-refractivity contribution in [2.45, 2.75) is 6.18 Å². The molecule has 1 aromatic heterocycles. The summed E-state index contributed by atoms with van der Waals surface area (Å²) in [5.41, 5.74) is -2.05. The van der Waals surface area contributed by atoms with E-state index < -0.39 is 41.0 Å². The maximum atomic E-state index is 12.6. The number of hydrogen-bond donors (Lipinski definition) is 2. The highest BCUT2D eigenvalue weighted by Gasteiger charge is 2.31. The van der Waals surface area contributed by atoms with Gasteiger partial charge in [0.2, 0.25) is 17.3 Å². The van der Waals surface area contributed by atoms with Crippen LogP contribution in [0, 0.1) is 0 Å². The Morgan fingerprint density at radius 2 is 1.81 bits per heavy atom. The first-order chi connectivity index (χ1) is 9.70. The van der Waals surface area contributed by atoms with Gasteiger partial charge in [-0.25, -0.2) is 14.6 Å². The van der Waals surface area contributed by atoms with E-state index >= 15 is 0 Å². The number of alkyl halides is 3. The molecule has 0 spiro atoms. The van der Waals surface area contributed by atoms with Gasteiger partial charge in [-0.1, -0.05) is 6.07 Å². The van der Waals surface area contributed by atoms with Crippen molar-refractivity contribution in [1.82, 2.24) is 4.98 Å². The molecule has 1 heterocycles. The molecule has 0 saturated heterocycles. The summed E-state index contributed by atoms with van der Waals surface area (Å²) in [5.74, 6) is -4.81. The number of hydrogen-bond acceptors (Lipinski definition) is 4. The minimum atomic E-state index is -4.60. The topological polar surface area (TPSA) is 101 Å². The van der Waals surface area contributed by atoms with E-state index in [0.717, 1.165) is 12.1 Å². The molecule has 1 aromatic carbocycles. The number of carbonyl (C=O) groups is 2. The second-order valence-corrected chi connectivity index (χ2v) is 3.89. The average Bonchev–Trinajstić information content (AvgIpc) is 2.83. The summed E-state index contributed by atoms with van der Waals surface area (Å²) >= 11 is 0. The van der Waals surface area contributed by atoms with E-state index in [1.807, 2.05) is 0 Å². The van der Waals surface area contributed by atoms with Crippen LogP contribution in [0.2, 0.25) is 0 Å². The summed E-state index contributed by atoms with van der Waals surface area (Å²) in [4.78, 5) is 25.1. The summed E-state index contributed by atoms with van der Waals surface area (Å²) < 4.78 is 42.5. The van der Waals surface area contributed by atoms with Crippen LogP contribution >= 0.6 is 0 Å². The van der Waals surface area contributed by atoms with Crippen molar-refractivity contribution in [3.8, 4) is 11.5 Å². The van der Waals surface area contributed by atoms with Gasteiger partial charge in [-0.15, -0.1) is 0 Å². The fourth-order valence-corrected chi connectivity index (χ4v) is 1.56. The number of carboxylic acid groups (broad SMARTS) is 2. The molecule has 0 atom stereocenters. The Morgan fingerprint density at radius 3 is 2.29 bits per heavy atom. The van der Waals surface area contributed by atoms with Crippen LogP contribution < -0.4 is 0 Å². The van der Waals surface area contributed by atoms with E-state index in [1.165, 1.54) is 6.07 Å². The molecule has 0 saturated carbocycles. The van der Waals surface area contributed by atoms with Crippen molar-refractivity contribution in [1.29, 1.82) is 0 Å². The lowest BCUT2D eigenvalue weighted by molar-refractivity contribution is -0.137. The van der Waals surface area contributed by atoms with E-state index in [-0.39, 0.29) is 5.56 Å². The standard InChI is InChI=1S/C12H6F3NO5/c13-12(14,15)6-3-1-2-5(4-6)9-16-7(10(17)18)8(21-9)11(19)20/h1-4H,(H,17,18)(H,19,20). The first-order valence-corrected chi connectivity index (χ1v) is 5.35. The zero-order valence-electron chi connectivity index (χ0n) is 10.0. The summed E-state index contributed by atoms with van der Waals surface area (Å²) in [6.07, 6.45) is -4.60. The fourth-order valence-electron chi connectivity index (χ4n) is 1.56. The van der Waals surface area contributed by atoms with E-state index in [2.05, 4.69) is 4.98 Å². The first-order valence-electron chi connectivity index (χ1n) is 5.35. The third-order valence-electron chi connectivity index (χ3n) is 2.46. The quantitative estimate of drug-likeness (QED) is 0.904. The molecule has 2 N–H and O–H groups in total. The predicted octanol–water partition coefficient (Wildman–Crippen LogP) is 2.76. The highest BCUT2D eigenvalue weighted by atomic mass is 19.4. The molecule has 9 heteroatoms. The number of carboxylic acids is 2. The highest BCUT2D eigenvalue weighted by molar-refractivity contribution is 5.98. The van der Waals surface area contributed by atoms with Gasteiger partial charge in [0, 0.05) is 5.56 Å². The van der Waals surface area contributed by atoms with Gasteiger partial charge in [0.1, 0.15) is 0 Å². The van der Waals surface area contributed by atoms with Crippen LogP contribution in [-0.2, 0) is 6.18 Å². The number of rotatable bonds is 3. The summed E-state index contributed by atoms with van der Waals surface area (Å²) in [6.45, 7) is 0. The van der Waals surface area contributed by atoms with Crippen LogP contribution in [0.4, 0.5) is 13.2 Å². The van der Waals surface area contributed by atoms with Gasteiger partial charge in [0.05, 0.1) is 5.56 Å². The van der Waals surface area contributed by atoms with Crippen LogP contribution in [0.25, 0.3) is 11.5 Å². The molecule has 0 aliphatic carbocycles. The van der Waals surface area contributed by atoms with Crippen LogP contribution in [0.3, 0.4) is 0 Å². The van der Waals surface area contributed by atoms with Gasteiger partial charge in [-0.3, -0.25) is 0 Å². The maximum absolute atomic E-state index is 12.6. The zero-order chi connectivity index (χ0) is 15.8. The third-order valence-corrected chi connectivity index (χ3v) is 2.46. The largest absolute Gasteiger partial charge is 0.476 e. The molecule has 0 bridgehead atoms. The first kappa shape index (κ1) is 14.6. The Hall–Kier alpha value is -2.84. The minimum absolute atomic E-state index is 0.181. The Kier molecular flexibility index (Phi) is 3.42. The predicted molar refractivity (Wildman–Crippen MR) is 60.9 cm³/mol. The zero-order valence-corrected chi connectivity index (χ0v) is 10.0. The van der Waals surface area contributed by atoms with Crippen molar-refractivity contribution >= 4 is 11.9 Å². The van der Waals surface area contributed by atoms with Gasteiger partial charge in [-0.05, 0) is 18.2 Å². The summed E-state index contributed by atoms with van der Waals surface area (Å²) in [5, 5.41) is 17.6. The Morgan fingerprint density at radius 1 is 1.14 bits per heavy atom. The SMILES string of the molecule is O=C(O)c1nc(-c2cccc(C(F)(F)F)c2)oc1C(=O)O. The molecule has 6 nitrogen and oxygen atoms in total. The highest BCUT2D eigenvalue weighted by Crippen LogP contribution is 2.32. The van der Waals surface area contributed by atoms with E-state index in [4.69, 9.17) is 14.6 Å². The molecule has 0 aliphatic heterocycles. The fraction of sp³-hybridized carbons (Fsp3) is 0.0833. The van der Waals surface area contributed by atoms with Crippen LogP contribution in [0.15, 0.2) is 28.7 Å². The molecular formula is C12H6F3NO5. The van der Waals surface area contributed by atoms with Crippen LogP contribution in [-0.4, -0.2) is 27.1 Å². The van der Waals surface area contributed by atoms with Gasteiger partial charge in [-0.2, -0.15) is 13.2 Å². The van der Waals surface area contributed by atoms with Crippen LogP contribution in [0.5, 0.6) is 0 Å². The number of aromatic carboxylic acids is 2. The second kappa shape index (κ2) is 4.93. The molecule has 0 fully saturated rings. The normalized spacial score (nSPS) is 11.4. The number of aromatic nitrogens is 1. The average molecular weight is 301 g/mol. The van der Waals surface area contributed by atoms with E-state index in [0.29, 0.717) is 6.07 Å². The van der Waals surface area contributed by atoms with Gasteiger partial charge >= 0.3 is 18.1 Å². The Bertz CT molecular complexity index is 688. The molecule has 0 aliphatic rings. The molecule has 110 valence electrons. The molecule has 0 unspecified atom stereocenters. The van der Waals surface area contributed by atoms with Crippen molar-refractivity contribution in [3.05, 3.63) is 41.3 Å². The second-order valence-electron chi connectivity index (χ2n) is 3.89. The molecule has 0 radical (unpaired) electrons. The van der Waals surface area contributed by atoms with Gasteiger partial charge < -0.3 is 14.6 Å². The number of oxazole rings is 1. The van der Waals surface area contributed by atoms with Crippen molar-refractivity contribution in [2.75, 3.05) is 0 Å². The Labute approximate surface area is 114 Å².